The summed E-state index contributed by atoms with van der Waals surface area (Å²) in [5, 5.41) is 11.5. The van der Waals surface area contributed by atoms with Crippen LogP contribution in [0, 0.1) is 5.41 Å². The fourth-order valence-electron chi connectivity index (χ4n) is 1.48. The van der Waals surface area contributed by atoms with Gasteiger partial charge in [-0.15, -0.1) is 5.10 Å². The molecule has 0 saturated heterocycles. The molecule has 0 unspecified atom stereocenters. The Morgan fingerprint density at radius 2 is 2.20 bits per heavy atom. The number of nitrogens with one attached hydrogen (secondary N) is 1. The van der Waals surface area contributed by atoms with Gasteiger partial charge in [-0.05, 0) is 23.5 Å². The third-order valence-corrected chi connectivity index (χ3v) is 3.79. The number of H-pyrrole nitrogens is 1. The monoisotopic (exact) mass is 268 g/mol. The minimum absolute atomic E-state index is 0.235. The fourth-order valence-corrected chi connectivity index (χ4v) is 1.68. The highest BCUT2D eigenvalue weighted by Gasteiger charge is 2.17. The van der Waals surface area contributed by atoms with E-state index in [1.54, 1.807) is 0 Å². The predicted molar refractivity (Wildman–Crippen MR) is 63.0 cm³/mol. The third-order valence-electron chi connectivity index (χ3n) is 2.27. The van der Waals surface area contributed by atoms with Gasteiger partial charge in [0.05, 0.1) is 0 Å². The van der Waals surface area contributed by atoms with Crippen molar-refractivity contribution < 1.29 is 0 Å². The van der Waals surface area contributed by atoms with Crippen LogP contribution in [-0.2, 0) is 6.42 Å². The van der Waals surface area contributed by atoms with Crippen LogP contribution in [0.15, 0.2) is 12.3 Å². The number of halogens is 1. The number of pyridine rings is 1. The van der Waals surface area contributed by atoms with E-state index in [9.17, 15) is 0 Å². The topological polar surface area (TPSA) is 54.5 Å². The molecule has 0 bridgehead atoms. The summed E-state index contributed by atoms with van der Waals surface area (Å²) < 4.78 is 0. The molecule has 0 atom stereocenters. The number of hydrogen-bond donors (Lipinski definition) is 1. The lowest BCUT2D eigenvalue weighted by molar-refractivity contribution is 0.424. The second-order valence-corrected chi connectivity index (χ2v) is 5.05. The Bertz CT molecular complexity index is 463. The zero-order valence-corrected chi connectivity index (χ0v) is 10.4. The maximum Gasteiger partial charge on any atom is 0.201 e. The summed E-state index contributed by atoms with van der Waals surface area (Å²) >= 11 is 3.52. The molecule has 15 heavy (non-hydrogen) atoms. The van der Waals surface area contributed by atoms with Crippen LogP contribution in [0.3, 0.4) is 0 Å². The molecule has 0 aromatic carbocycles. The number of aromatic nitrogens is 4. The molecule has 5 heteroatoms. The highest BCUT2D eigenvalue weighted by atomic mass is 79.9. The van der Waals surface area contributed by atoms with Crippen molar-refractivity contribution in [3.63, 3.8) is 0 Å². The molecule has 0 spiro atoms. The first-order chi connectivity index (χ1) is 7.11. The quantitative estimate of drug-likeness (QED) is 0.870. The van der Waals surface area contributed by atoms with Crippen LogP contribution < -0.4 is 0 Å². The number of hydrogen-bond acceptors (Lipinski definition) is 3. The van der Waals surface area contributed by atoms with E-state index in [0.29, 0.717) is 5.65 Å². The average Bonchev–Trinajstić information content (AvgIpc) is 2.64. The van der Waals surface area contributed by atoms with Crippen LogP contribution in [0.4, 0.5) is 0 Å². The lowest BCUT2D eigenvalue weighted by Gasteiger charge is -2.20. The van der Waals surface area contributed by atoms with Gasteiger partial charge in [0.2, 0.25) is 5.65 Å². The number of nitrogens with zero attached hydrogens (tertiary/aromatic N) is 3. The molecule has 2 aromatic heterocycles. The Kier molecular flexibility index (Phi) is 2.73. The van der Waals surface area contributed by atoms with Gasteiger partial charge in [-0.3, -0.25) is 0 Å². The van der Waals surface area contributed by atoms with Crippen LogP contribution in [0.25, 0.3) is 11.2 Å². The van der Waals surface area contributed by atoms with Gasteiger partial charge in [-0.1, -0.05) is 29.8 Å². The van der Waals surface area contributed by atoms with E-state index in [-0.39, 0.29) is 5.41 Å². The minimum atomic E-state index is 0.235. The summed E-state index contributed by atoms with van der Waals surface area (Å²) in [5.41, 5.74) is 2.94. The number of rotatable bonds is 3. The van der Waals surface area contributed by atoms with Gasteiger partial charge >= 0.3 is 0 Å². The molecule has 2 rings (SSSR count). The van der Waals surface area contributed by atoms with E-state index in [1.807, 2.05) is 12.3 Å². The van der Waals surface area contributed by atoms with Gasteiger partial charge in [0.25, 0.3) is 0 Å². The van der Waals surface area contributed by atoms with Crippen LogP contribution >= 0.6 is 15.9 Å². The van der Waals surface area contributed by atoms with E-state index >= 15 is 0 Å². The zero-order valence-electron chi connectivity index (χ0n) is 8.79. The third kappa shape index (κ3) is 2.34. The summed E-state index contributed by atoms with van der Waals surface area (Å²) in [6, 6.07) is 2.04. The Hall–Kier alpha value is -0.970. The maximum absolute atomic E-state index is 4.24. The van der Waals surface area contributed by atoms with E-state index < -0.39 is 0 Å². The van der Waals surface area contributed by atoms with Crippen molar-refractivity contribution in [3.05, 3.63) is 17.8 Å². The lowest BCUT2D eigenvalue weighted by Crippen LogP contribution is -2.16. The normalized spacial score (nSPS) is 12.2. The number of fused-ring (bicyclic) bond motifs is 1. The molecular weight excluding hydrogens is 256 g/mol. The summed E-state index contributed by atoms with van der Waals surface area (Å²) in [7, 11) is 0. The average molecular weight is 269 g/mol. The zero-order chi connectivity index (χ0) is 10.9. The Balaban J connectivity index is 2.28. The van der Waals surface area contributed by atoms with Gasteiger partial charge in [-0.2, -0.15) is 10.3 Å². The van der Waals surface area contributed by atoms with E-state index in [0.717, 1.165) is 17.3 Å². The van der Waals surface area contributed by atoms with Crippen molar-refractivity contribution in [1.82, 2.24) is 20.4 Å². The van der Waals surface area contributed by atoms with Gasteiger partial charge in [0.15, 0.2) is 0 Å². The minimum Gasteiger partial charge on any atom is -0.233 e. The van der Waals surface area contributed by atoms with Crippen molar-refractivity contribution in [1.29, 1.82) is 0 Å². The molecule has 2 aromatic rings. The summed E-state index contributed by atoms with van der Waals surface area (Å²) in [6.45, 7) is 4.43. The molecule has 0 saturated carbocycles. The molecule has 0 fully saturated rings. The Morgan fingerprint density at radius 3 is 2.93 bits per heavy atom. The fraction of sp³-hybridized carbons (Fsp3) is 0.500. The Morgan fingerprint density at radius 1 is 1.40 bits per heavy atom. The smallest absolute Gasteiger partial charge is 0.201 e. The summed E-state index contributed by atoms with van der Waals surface area (Å²) in [4.78, 5) is 4.24. The first-order valence-electron chi connectivity index (χ1n) is 4.82. The Labute approximate surface area is 96.6 Å². The summed E-state index contributed by atoms with van der Waals surface area (Å²) in [5.74, 6) is 0. The van der Waals surface area contributed by atoms with Crippen LogP contribution in [0.5, 0.6) is 0 Å². The molecule has 0 radical (unpaired) electrons. The van der Waals surface area contributed by atoms with Crippen molar-refractivity contribution in [2.24, 2.45) is 5.41 Å². The summed E-state index contributed by atoms with van der Waals surface area (Å²) in [6.07, 6.45) is 2.85. The van der Waals surface area contributed by atoms with Gasteiger partial charge in [-0.25, -0.2) is 4.98 Å². The predicted octanol–water partition coefficient (Wildman–Crippen LogP) is 2.32. The second kappa shape index (κ2) is 3.89. The first-order valence-corrected chi connectivity index (χ1v) is 5.94. The van der Waals surface area contributed by atoms with Gasteiger partial charge in [0.1, 0.15) is 5.52 Å². The standard InChI is InChI=1S/C10H13BrN4/c1-10(2,6-11)4-7-3-8-9(12-5-7)14-15-13-8/h3,5H,4,6H2,1-2H3,(H,12,13,14,15). The maximum atomic E-state index is 4.24. The highest BCUT2D eigenvalue weighted by Crippen LogP contribution is 2.24. The van der Waals surface area contributed by atoms with Crippen LogP contribution in [0.1, 0.15) is 19.4 Å². The van der Waals surface area contributed by atoms with Crippen molar-refractivity contribution in [2.45, 2.75) is 20.3 Å². The molecule has 0 amide bonds. The number of aromatic amines is 1. The van der Waals surface area contributed by atoms with Crippen molar-refractivity contribution in [2.75, 3.05) is 5.33 Å². The van der Waals surface area contributed by atoms with Crippen molar-refractivity contribution in [3.8, 4) is 0 Å². The van der Waals surface area contributed by atoms with E-state index in [2.05, 4.69) is 50.2 Å². The lowest BCUT2D eigenvalue weighted by atomic mass is 9.89. The first kappa shape index (κ1) is 10.5. The number of alkyl halides is 1. The SMILES string of the molecule is CC(C)(CBr)Cc1cnc2n[nH]nc2c1. The van der Waals surface area contributed by atoms with E-state index in [1.165, 1.54) is 5.56 Å². The highest BCUT2D eigenvalue weighted by molar-refractivity contribution is 9.09. The molecule has 0 aliphatic carbocycles. The molecule has 0 aliphatic rings. The molecular formula is C10H13BrN4. The van der Waals surface area contributed by atoms with Crippen LogP contribution in [0.2, 0.25) is 0 Å². The molecule has 0 aliphatic heterocycles. The second-order valence-electron chi connectivity index (χ2n) is 4.48. The molecule has 2 heterocycles. The molecule has 4 nitrogen and oxygen atoms in total. The van der Waals surface area contributed by atoms with Gasteiger partial charge in [0, 0.05) is 11.5 Å². The largest absolute Gasteiger partial charge is 0.233 e. The van der Waals surface area contributed by atoms with Crippen molar-refractivity contribution >= 4 is 27.1 Å². The van der Waals surface area contributed by atoms with Crippen LogP contribution in [-0.4, -0.2) is 25.7 Å². The van der Waals surface area contributed by atoms with Gasteiger partial charge < -0.3 is 0 Å². The van der Waals surface area contributed by atoms with E-state index in [4.69, 9.17) is 0 Å². The molecule has 1 N–H and O–H groups in total. The molecule has 80 valence electrons.